The summed E-state index contributed by atoms with van der Waals surface area (Å²) < 4.78 is 45.8. The fourth-order valence-electron chi connectivity index (χ4n) is 3.79. The number of halogens is 4. The number of esters is 1. The molecule has 12 heteroatoms. The molecule has 0 saturated carbocycles. The number of aromatic nitrogens is 2. The first-order valence-corrected chi connectivity index (χ1v) is 12.2. The molecule has 0 unspecified atom stereocenters. The Morgan fingerprint density at radius 1 is 1.14 bits per heavy atom. The van der Waals surface area contributed by atoms with Crippen molar-refractivity contribution < 1.29 is 32.6 Å². The average Bonchev–Trinajstić information content (AvgIpc) is 3.24. The maximum absolute atomic E-state index is 14.9. The number of para-hydroxylation sites is 1. The minimum Gasteiger partial charge on any atom is -0.459 e. The summed E-state index contributed by atoms with van der Waals surface area (Å²) >= 11 is 12.4. The van der Waals surface area contributed by atoms with E-state index < -0.39 is 29.4 Å². The van der Waals surface area contributed by atoms with Gasteiger partial charge >= 0.3 is 12.1 Å². The van der Waals surface area contributed by atoms with E-state index in [1.165, 1.54) is 23.7 Å². The first-order valence-electron chi connectivity index (χ1n) is 11.5. The summed E-state index contributed by atoms with van der Waals surface area (Å²) in [6, 6.07) is 12.4. The van der Waals surface area contributed by atoms with Crippen LogP contribution in [0, 0.1) is 0 Å². The molecule has 0 spiro atoms. The summed E-state index contributed by atoms with van der Waals surface area (Å²) in [7, 11) is 0. The fraction of sp³-hybridized carbons (Fsp3) is 0.320. The van der Waals surface area contributed by atoms with Crippen molar-refractivity contribution in [1.82, 2.24) is 15.1 Å². The SMILES string of the molecule is CCOC(=O)C(F)(F)Oc1c(C(=O)NC2CCOCC2)nn(-c2ccccc2Cl)c1-c1ccc(Cl)cc1. The van der Waals surface area contributed by atoms with Crippen LogP contribution in [0.3, 0.4) is 0 Å². The van der Waals surface area contributed by atoms with Crippen LogP contribution in [-0.2, 0) is 14.3 Å². The molecule has 3 aromatic rings. The van der Waals surface area contributed by atoms with Gasteiger partial charge in [-0.3, -0.25) is 4.79 Å². The molecule has 1 amide bonds. The Bertz CT molecular complexity index is 1280. The molecule has 0 radical (unpaired) electrons. The van der Waals surface area contributed by atoms with E-state index in [2.05, 4.69) is 15.2 Å². The van der Waals surface area contributed by atoms with E-state index in [-0.39, 0.29) is 23.4 Å². The van der Waals surface area contributed by atoms with Gasteiger partial charge in [0.1, 0.15) is 5.69 Å². The monoisotopic (exact) mass is 553 g/mol. The number of carbonyl (C=O) groups excluding carboxylic acids is 2. The van der Waals surface area contributed by atoms with Gasteiger partial charge in [0.2, 0.25) is 0 Å². The van der Waals surface area contributed by atoms with Crippen LogP contribution in [0.15, 0.2) is 48.5 Å². The molecule has 2 aromatic carbocycles. The van der Waals surface area contributed by atoms with Crippen molar-refractivity contribution in [2.24, 2.45) is 0 Å². The van der Waals surface area contributed by atoms with Gasteiger partial charge in [-0.1, -0.05) is 47.5 Å². The Labute approximate surface area is 221 Å². The first kappa shape index (κ1) is 26.8. The van der Waals surface area contributed by atoms with Crippen molar-refractivity contribution in [3.63, 3.8) is 0 Å². The van der Waals surface area contributed by atoms with Crippen molar-refractivity contribution in [3.8, 4) is 22.7 Å². The molecule has 1 aromatic heterocycles. The molecule has 1 aliphatic heterocycles. The number of hydrogen-bond acceptors (Lipinski definition) is 6. The Morgan fingerprint density at radius 2 is 1.81 bits per heavy atom. The average molecular weight is 554 g/mol. The topological polar surface area (TPSA) is 91.7 Å². The van der Waals surface area contributed by atoms with Gasteiger partial charge in [-0.25, -0.2) is 9.48 Å². The van der Waals surface area contributed by atoms with Gasteiger partial charge in [0.15, 0.2) is 11.4 Å². The van der Waals surface area contributed by atoms with E-state index in [0.717, 1.165) is 0 Å². The summed E-state index contributed by atoms with van der Waals surface area (Å²) in [4.78, 5) is 25.4. The molecule has 2 heterocycles. The van der Waals surface area contributed by atoms with Gasteiger partial charge < -0.3 is 19.5 Å². The number of amides is 1. The Balaban J connectivity index is 1.91. The molecule has 0 atom stereocenters. The van der Waals surface area contributed by atoms with E-state index in [0.29, 0.717) is 42.3 Å². The zero-order chi connectivity index (χ0) is 26.6. The number of alkyl halides is 2. The van der Waals surface area contributed by atoms with E-state index in [1.807, 2.05) is 0 Å². The molecule has 1 aliphatic rings. The van der Waals surface area contributed by atoms with Gasteiger partial charge in [0.25, 0.3) is 5.91 Å². The third-order valence-electron chi connectivity index (χ3n) is 5.56. The zero-order valence-corrected chi connectivity index (χ0v) is 21.2. The Hall–Kier alpha value is -3.21. The number of carbonyl (C=O) groups is 2. The highest BCUT2D eigenvalue weighted by Gasteiger charge is 2.47. The molecule has 37 heavy (non-hydrogen) atoms. The molecule has 1 N–H and O–H groups in total. The lowest BCUT2D eigenvalue weighted by Gasteiger charge is -2.23. The second-order valence-corrected chi connectivity index (χ2v) is 8.94. The van der Waals surface area contributed by atoms with Gasteiger partial charge in [-0.15, -0.1) is 0 Å². The van der Waals surface area contributed by atoms with Crippen molar-refractivity contribution in [3.05, 3.63) is 64.3 Å². The lowest BCUT2D eigenvalue weighted by Crippen LogP contribution is -2.40. The van der Waals surface area contributed by atoms with Crippen molar-refractivity contribution in [2.45, 2.75) is 31.9 Å². The summed E-state index contributed by atoms with van der Waals surface area (Å²) in [5.41, 5.74) is 0.131. The number of nitrogens with one attached hydrogen (secondary N) is 1. The number of ether oxygens (including phenoxy) is 3. The van der Waals surface area contributed by atoms with E-state index >= 15 is 0 Å². The zero-order valence-electron chi connectivity index (χ0n) is 19.7. The largest absolute Gasteiger partial charge is 0.502 e. The van der Waals surface area contributed by atoms with Crippen molar-refractivity contribution in [2.75, 3.05) is 19.8 Å². The van der Waals surface area contributed by atoms with Gasteiger partial charge in [0, 0.05) is 29.8 Å². The number of hydrogen-bond donors (Lipinski definition) is 1. The predicted molar refractivity (Wildman–Crippen MR) is 133 cm³/mol. The van der Waals surface area contributed by atoms with Crippen LogP contribution in [-0.4, -0.2) is 53.6 Å². The van der Waals surface area contributed by atoms with Gasteiger partial charge in [-0.05, 0) is 44.0 Å². The van der Waals surface area contributed by atoms with Gasteiger partial charge in [0.05, 0.1) is 17.3 Å². The van der Waals surface area contributed by atoms with Crippen LogP contribution in [0.2, 0.25) is 10.0 Å². The Morgan fingerprint density at radius 3 is 2.46 bits per heavy atom. The van der Waals surface area contributed by atoms with Gasteiger partial charge in [-0.2, -0.15) is 13.9 Å². The normalized spacial score (nSPS) is 14.3. The highest BCUT2D eigenvalue weighted by Crippen LogP contribution is 2.40. The molecule has 196 valence electrons. The van der Waals surface area contributed by atoms with Crippen LogP contribution < -0.4 is 10.1 Å². The third kappa shape index (κ3) is 6.03. The second-order valence-electron chi connectivity index (χ2n) is 8.10. The minimum atomic E-state index is -4.42. The maximum atomic E-state index is 14.9. The molecule has 0 bridgehead atoms. The number of benzene rings is 2. The molecule has 1 saturated heterocycles. The van der Waals surface area contributed by atoms with E-state index in [9.17, 15) is 18.4 Å². The van der Waals surface area contributed by atoms with Crippen LogP contribution in [0.1, 0.15) is 30.3 Å². The molecular formula is C25H23Cl2F2N3O5. The summed E-state index contributed by atoms with van der Waals surface area (Å²) in [5, 5.41) is 7.76. The molecule has 4 rings (SSSR count). The lowest BCUT2D eigenvalue weighted by atomic mass is 10.1. The van der Waals surface area contributed by atoms with Crippen LogP contribution in [0.25, 0.3) is 16.9 Å². The maximum Gasteiger partial charge on any atom is 0.502 e. The summed E-state index contributed by atoms with van der Waals surface area (Å²) in [5.74, 6) is -3.29. The smallest absolute Gasteiger partial charge is 0.459 e. The standard InChI is InChI=1S/C25H23Cl2F2N3O5/c1-2-36-24(34)25(28,29)37-22-20(23(33)30-17-11-13-35-14-12-17)31-32(19-6-4-3-5-18(19)27)21(22)15-7-9-16(26)10-8-15/h3-10,17H,2,11-14H2,1H3,(H,30,33). The minimum absolute atomic E-state index is 0.0362. The van der Waals surface area contributed by atoms with E-state index in [1.54, 1.807) is 36.4 Å². The van der Waals surface area contributed by atoms with Crippen LogP contribution in [0.4, 0.5) is 8.78 Å². The van der Waals surface area contributed by atoms with E-state index in [4.69, 9.17) is 32.7 Å². The summed E-state index contributed by atoms with van der Waals surface area (Å²) in [6.45, 7) is 1.98. The highest BCUT2D eigenvalue weighted by atomic mass is 35.5. The molecule has 1 fully saturated rings. The van der Waals surface area contributed by atoms with Crippen LogP contribution in [0.5, 0.6) is 5.75 Å². The van der Waals surface area contributed by atoms with Crippen molar-refractivity contribution >= 4 is 35.1 Å². The highest BCUT2D eigenvalue weighted by molar-refractivity contribution is 6.32. The van der Waals surface area contributed by atoms with Crippen LogP contribution >= 0.6 is 23.2 Å². The van der Waals surface area contributed by atoms with Crippen molar-refractivity contribution in [1.29, 1.82) is 0 Å². The quantitative estimate of drug-likeness (QED) is 0.381. The Kier molecular flexibility index (Phi) is 8.31. The first-order chi connectivity index (χ1) is 17.7. The summed E-state index contributed by atoms with van der Waals surface area (Å²) in [6.07, 6.45) is -3.34. The predicted octanol–water partition coefficient (Wildman–Crippen LogP) is 5.29. The third-order valence-corrected chi connectivity index (χ3v) is 6.13. The fourth-order valence-corrected chi connectivity index (χ4v) is 4.13. The lowest BCUT2D eigenvalue weighted by molar-refractivity contribution is -0.216. The molecular weight excluding hydrogens is 531 g/mol. The molecule has 0 aliphatic carbocycles. The molecule has 8 nitrogen and oxygen atoms in total. The number of rotatable bonds is 8. The number of nitrogens with zero attached hydrogens (tertiary/aromatic N) is 2. The second kappa shape index (κ2) is 11.5.